The van der Waals surface area contributed by atoms with Crippen LogP contribution in [-0.4, -0.2) is 41.0 Å². The minimum atomic E-state index is 0. The Morgan fingerprint density at radius 1 is 1.08 bits per heavy atom. The van der Waals surface area contributed by atoms with Crippen molar-refractivity contribution in [1.82, 2.24) is 20.1 Å². The summed E-state index contributed by atoms with van der Waals surface area (Å²) in [7, 11) is 0. The standard InChI is InChI=1S/C33H44N4.CH4/c1-6-10-29-25(5)37(16-13-28(29)23(3)7-2)22-31-24(4)35-33-20-27-12-9-8-11-26(27)19-30(33)32(31)21-36-17-14-34-15-18-36;/h7,13,16,19-20,23,34H,2,5-6,8-12,14-15,17-18,21-22H2,1,3-4H3;1H4. The molecule has 3 heterocycles. The molecule has 0 saturated carbocycles. The van der Waals surface area contributed by atoms with Crippen LogP contribution in [0.1, 0.15) is 74.9 Å². The van der Waals surface area contributed by atoms with Gasteiger partial charge in [0, 0.05) is 62.2 Å². The summed E-state index contributed by atoms with van der Waals surface area (Å²) >= 11 is 0. The molecule has 1 aliphatic carbocycles. The topological polar surface area (TPSA) is 31.4 Å². The van der Waals surface area contributed by atoms with Gasteiger partial charge < -0.3 is 10.2 Å². The Morgan fingerprint density at radius 3 is 2.47 bits per heavy atom. The number of pyridine rings is 1. The molecule has 1 fully saturated rings. The highest BCUT2D eigenvalue weighted by Gasteiger charge is 2.24. The normalized spacial score (nSPS) is 18.9. The summed E-state index contributed by atoms with van der Waals surface area (Å²) in [6.45, 7) is 21.4. The third-order valence-corrected chi connectivity index (χ3v) is 8.62. The summed E-state index contributed by atoms with van der Waals surface area (Å²) in [5.74, 6) is 0.329. The van der Waals surface area contributed by atoms with E-state index in [-0.39, 0.29) is 7.43 Å². The molecule has 1 N–H and O–H groups in total. The molecule has 1 atom stereocenters. The van der Waals surface area contributed by atoms with Crippen LogP contribution < -0.4 is 5.32 Å². The molecule has 0 radical (unpaired) electrons. The lowest BCUT2D eigenvalue weighted by Crippen LogP contribution is -2.43. The number of hydrogen-bond acceptors (Lipinski definition) is 4. The lowest BCUT2D eigenvalue weighted by Gasteiger charge is -2.33. The largest absolute Gasteiger partial charge is 0.344 e. The van der Waals surface area contributed by atoms with Crippen molar-refractivity contribution in [2.45, 2.75) is 79.8 Å². The van der Waals surface area contributed by atoms with E-state index < -0.39 is 0 Å². The fourth-order valence-corrected chi connectivity index (χ4v) is 6.33. The van der Waals surface area contributed by atoms with Crippen LogP contribution in [0.15, 0.2) is 60.5 Å². The van der Waals surface area contributed by atoms with Gasteiger partial charge in [-0.25, -0.2) is 0 Å². The summed E-state index contributed by atoms with van der Waals surface area (Å²) in [5.41, 5.74) is 12.1. The second-order valence-electron chi connectivity index (χ2n) is 11.1. The summed E-state index contributed by atoms with van der Waals surface area (Å²) in [6, 6.07) is 4.89. The van der Waals surface area contributed by atoms with E-state index in [0.717, 1.165) is 63.5 Å². The molecule has 204 valence electrons. The van der Waals surface area contributed by atoms with Crippen LogP contribution in [-0.2, 0) is 25.9 Å². The molecule has 4 heteroatoms. The zero-order valence-electron chi connectivity index (χ0n) is 23.2. The van der Waals surface area contributed by atoms with Gasteiger partial charge in [0.15, 0.2) is 0 Å². The van der Waals surface area contributed by atoms with Crippen LogP contribution >= 0.6 is 0 Å². The average molecular weight is 513 g/mol. The average Bonchev–Trinajstić information content (AvgIpc) is 2.92. The van der Waals surface area contributed by atoms with E-state index in [0.29, 0.717) is 5.92 Å². The van der Waals surface area contributed by atoms with Gasteiger partial charge in [0.05, 0.1) is 5.52 Å². The third-order valence-electron chi connectivity index (χ3n) is 8.62. The number of aryl methyl sites for hydroxylation is 3. The van der Waals surface area contributed by atoms with Gasteiger partial charge in [0.1, 0.15) is 0 Å². The van der Waals surface area contributed by atoms with Crippen molar-refractivity contribution in [3.05, 3.63) is 88.4 Å². The van der Waals surface area contributed by atoms with Crippen molar-refractivity contribution in [2.75, 3.05) is 26.2 Å². The predicted molar refractivity (Wildman–Crippen MR) is 163 cm³/mol. The first-order valence-electron chi connectivity index (χ1n) is 14.4. The lowest BCUT2D eigenvalue weighted by molar-refractivity contribution is 0.233. The van der Waals surface area contributed by atoms with E-state index in [1.165, 1.54) is 70.0 Å². The molecular formula is C34H48N4. The van der Waals surface area contributed by atoms with Crippen LogP contribution in [0.3, 0.4) is 0 Å². The maximum absolute atomic E-state index is 5.20. The highest BCUT2D eigenvalue weighted by atomic mass is 15.2. The van der Waals surface area contributed by atoms with Crippen molar-refractivity contribution in [3.8, 4) is 0 Å². The summed E-state index contributed by atoms with van der Waals surface area (Å²) < 4.78 is 0. The molecule has 2 aliphatic heterocycles. The van der Waals surface area contributed by atoms with Gasteiger partial charge >= 0.3 is 0 Å². The highest BCUT2D eigenvalue weighted by molar-refractivity contribution is 5.85. The first-order chi connectivity index (χ1) is 18.0. The van der Waals surface area contributed by atoms with Gasteiger partial charge in [0.2, 0.25) is 0 Å². The number of allylic oxidation sites excluding steroid dienone is 4. The summed E-state index contributed by atoms with van der Waals surface area (Å²) in [6.07, 6.45) is 13.7. The van der Waals surface area contributed by atoms with Crippen LogP contribution in [0.4, 0.5) is 0 Å². The molecular weight excluding hydrogens is 464 g/mol. The second kappa shape index (κ2) is 12.4. The minimum Gasteiger partial charge on any atom is -0.344 e. The quantitative estimate of drug-likeness (QED) is 0.378. The molecule has 0 spiro atoms. The van der Waals surface area contributed by atoms with Gasteiger partial charge in [-0.2, -0.15) is 0 Å². The smallest absolute Gasteiger partial charge is 0.0711 e. The van der Waals surface area contributed by atoms with E-state index >= 15 is 0 Å². The molecule has 0 bridgehead atoms. The number of nitrogens with one attached hydrogen (secondary N) is 1. The zero-order valence-corrected chi connectivity index (χ0v) is 23.2. The predicted octanol–water partition coefficient (Wildman–Crippen LogP) is 7.23. The monoisotopic (exact) mass is 512 g/mol. The maximum Gasteiger partial charge on any atom is 0.0711 e. The van der Waals surface area contributed by atoms with Gasteiger partial charge in [-0.3, -0.25) is 9.88 Å². The van der Waals surface area contributed by atoms with E-state index in [2.05, 4.69) is 73.5 Å². The number of piperazine rings is 1. The van der Waals surface area contributed by atoms with E-state index in [1.807, 2.05) is 6.08 Å². The van der Waals surface area contributed by atoms with Crippen molar-refractivity contribution < 1.29 is 0 Å². The Morgan fingerprint density at radius 2 is 1.79 bits per heavy atom. The maximum atomic E-state index is 5.20. The summed E-state index contributed by atoms with van der Waals surface area (Å²) in [5, 5.41) is 4.87. The van der Waals surface area contributed by atoms with Crippen LogP contribution in [0.5, 0.6) is 0 Å². The van der Waals surface area contributed by atoms with Crippen LogP contribution in [0, 0.1) is 12.8 Å². The molecule has 1 unspecified atom stereocenters. The highest BCUT2D eigenvalue weighted by Crippen LogP contribution is 2.36. The number of fused-ring (bicyclic) bond motifs is 2. The van der Waals surface area contributed by atoms with Crippen LogP contribution in [0.25, 0.3) is 10.9 Å². The molecule has 1 saturated heterocycles. The molecule has 38 heavy (non-hydrogen) atoms. The molecule has 3 aliphatic rings. The molecule has 1 aromatic carbocycles. The Balaban J connectivity index is 0.00000336. The Kier molecular flexibility index (Phi) is 9.27. The van der Waals surface area contributed by atoms with E-state index in [9.17, 15) is 0 Å². The second-order valence-corrected chi connectivity index (χ2v) is 11.1. The Hall–Kier alpha value is -2.69. The molecule has 2 aromatic rings. The zero-order chi connectivity index (χ0) is 25.9. The first kappa shape index (κ1) is 28.3. The van der Waals surface area contributed by atoms with Gasteiger partial charge in [-0.05, 0) is 96.6 Å². The Bertz CT molecular complexity index is 1250. The molecule has 0 amide bonds. The lowest BCUT2D eigenvalue weighted by atomic mass is 9.87. The molecule has 1 aromatic heterocycles. The van der Waals surface area contributed by atoms with E-state index in [4.69, 9.17) is 4.98 Å². The van der Waals surface area contributed by atoms with Gasteiger partial charge in [-0.1, -0.05) is 40.3 Å². The van der Waals surface area contributed by atoms with E-state index in [1.54, 1.807) is 0 Å². The Labute approximate surface area is 231 Å². The van der Waals surface area contributed by atoms with Crippen molar-refractivity contribution in [2.24, 2.45) is 5.92 Å². The third kappa shape index (κ3) is 5.67. The van der Waals surface area contributed by atoms with Crippen molar-refractivity contribution >= 4 is 10.9 Å². The van der Waals surface area contributed by atoms with Gasteiger partial charge in [0.25, 0.3) is 0 Å². The summed E-state index contributed by atoms with van der Waals surface area (Å²) in [4.78, 5) is 10.2. The number of aromatic nitrogens is 1. The minimum absolute atomic E-state index is 0. The number of benzene rings is 1. The number of hydrogen-bond donors (Lipinski definition) is 1. The SMILES string of the molecule is C.C=CC(C)C1=C(CCC)C(=C)N(Cc2c(C)nc3cc4c(cc3c2CN2CCNCC2)CCCC4)C=C1. The van der Waals surface area contributed by atoms with Crippen molar-refractivity contribution in [3.63, 3.8) is 0 Å². The molecule has 4 nitrogen and oxygen atoms in total. The molecule has 5 rings (SSSR count). The van der Waals surface area contributed by atoms with Crippen molar-refractivity contribution in [1.29, 1.82) is 0 Å². The number of nitrogens with zero attached hydrogens (tertiary/aromatic N) is 3. The number of rotatable bonds is 8. The first-order valence-corrected chi connectivity index (χ1v) is 14.4. The van der Waals surface area contributed by atoms with Crippen LogP contribution in [0.2, 0.25) is 0 Å². The van der Waals surface area contributed by atoms with Gasteiger partial charge in [-0.15, -0.1) is 6.58 Å². The fourth-order valence-electron chi connectivity index (χ4n) is 6.33. The fraction of sp³-hybridized carbons (Fsp3) is 0.500.